The van der Waals surface area contributed by atoms with E-state index in [2.05, 4.69) is 6.58 Å². The second-order valence-corrected chi connectivity index (χ2v) is 4.13. The molecule has 1 heterocycles. The maximum atomic E-state index is 11.3. The summed E-state index contributed by atoms with van der Waals surface area (Å²) in [5.41, 5.74) is 0.922. The van der Waals surface area contributed by atoms with Crippen molar-refractivity contribution in [3.63, 3.8) is 0 Å². The molecular weight excluding hydrogens is 260 g/mol. The van der Waals surface area contributed by atoms with Crippen molar-refractivity contribution >= 4 is 16.9 Å². The van der Waals surface area contributed by atoms with Crippen molar-refractivity contribution in [2.45, 2.75) is 6.92 Å². The first kappa shape index (κ1) is 13.9. The van der Waals surface area contributed by atoms with Crippen LogP contribution in [0.2, 0.25) is 0 Å². The van der Waals surface area contributed by atoms with Crippen LogP contribution in [0.1, 0.15) is 5.56 Å². The quantitative estimate of drug-likeness (QED) is 0.362. The Balaban J connectivity index is 2.06. The van der Waals surface area contributed by atoms with E-state index in [9.17, 15) is 9.59 Å². The summed E-state index contributed by atoms with van der Waals surface area (Å²) in [6, 6.07) is 6.67. The fourth-order valence-electron chi connectivity index (χ4n) is 1.76. The minimum absolute atomic E-state index is 0.126. The molecule has 20 heavy (non-hydrogen) atoms. The topological polar surface area (TPSA) is 65.7 Å². The van der Waals surface area contributed by atoms with E-state index in [0.29, 0.717) is 11.3 Å². The lowest BCUT2D eigenvalue weighted by molar-refractivity contribution is -0.138. The van der Waals surface area contributed by atoms with Crippen LogP contribution < -0.4 is 10.4 Å². The van der Waals surface area contributed by atoms with Crippen molar-refractivity contribution in [2.24, 2.45) is 0 Å². The van der Waals surface area contributed by atoms with Crippen LogP contribution in [-0.2, 0) is 9.53 Å². The predicted molar refractivity (Wildman–Crippen MR) is 73.9 cm³/mol. The van der Waals surface area contributed by atoms with E-state index in [0.717, 1.165) is 17.0 Å². The summed E-state index contributed by atoms with van der Waals surface area (Å²) in [5.74, 6) is 0.0506. The molecule has 0 amide bonds. The van der Waals surface area contributed by atoms with Crippen LogP contribution in [0, 0.1) is 6.92 Å². The van der Waals surface area contributed by atoms with E-state index in [1.807, 2.05) is 13.0 Å². The van der Waals surface area contributed by atoms with Gasteiger partial charge in [-0.2, -0.15) is 0 Å². The zero-order valence-corrected chi connectivity index (χ0v) is 11.0. The molecule has 0 unspecified atom stereocenters. The summed E-state index contributed by atoms with van der Waals surface area (Å²) in [4.78, 5) is 22.1. The van der Waals surface area contributed by atoms with Gasteiger partial charge in [0.2, 0.25) is 0 Å². The van der Waals surface area contributed by atoms with Gasteiger partial charge in [-0.25, -0.2) is 9.59 Å². The van der Waals surface area contributed by atoms with Crippen LogP contribution in [0.4, 0.5) is 0 Å². The lowest BCUT2D eigenvalue weighted by Crippen LogP contribution is -2.10. The number of aryl methyl sites for hydroxylation is 1. The first-order valence-corrected chi connectivity index (χ1v) is 6.06. The number of carbonyl (C=O) groups excluding carboxylic acids is 1. The summed E-state index contributed by atoms with van der Waals surface area (Å²) >= 11 is 0. The molecular formula is C15H14O5. The first-order valence-electron chi connectivity index (χ1n) is 6.06. The van der Waals surface area contributed by atoms with Crippen LogP contribution >= 0.6 is 0 Å². The van der Waals surface area contributed by atoms with Crippen molar-refractivity contribution in [3.05, 3.63) is 52.9 Å². The van der Waals surface area contributed by atoms with E-state index in [-0.39, 0.29) is 13.2 Å². The highest BCUT2D eigenvalue weighted by Crippen LogP contribution is 2.22. The second-order valence-electron chi connectivity index (χ2n) is 4.13. The second kappa shape index (κ2) is 6.06. The Hall–Kier alpha value is -2.56. The van der Waals surface area contributed by atoms with Gasteiger partial charge in [-0.1, -0.05) is 6.58 Å². The number of benzene rings is 1. The standard InChI is InChI=1S/C15H14O5/c1-3-14(16)19-7-6-18-11-4-5-12-10(2)8-15(17)20-13(12)9-11/h3-5,8-9H,1,6-7H2,2H3. The molecule has 0 spiro atoms. The molecule has 0 fully saturated rings. The van der Waals surface area contributed by atoms with Crippen LogP contribution in [0.15, 0.2) is 46.1 Å². The summed E-state index contributed by atoms with van der Waals surface area (Å²) in [6.07, 6.45) is 1.09. The molecule has 0 aliphatic carbocycles. The molecule has 2 aromatic rings. The Morgan fingerprint density at radius 3 is 2.90 bits per heavy atom. The summed E-state index contributed by atoms with van der Waals surface area (Å²) in [5, 5.41) is 0.857. The molecule has 0 aliphatic heterocycles. The zero-order chi connectivity index (χ0) is 14.5. The van der Waals surface area contributed by atoms with Crippen LogP contribution in [0.25, 0.3) is 11.0 Å². The summed E-state index contributed by atoms with van der Waals surface area (Å²) < 4.78 is 15.3. The van der Waals surface area contributed by atoms with Crippen molar-refractivity contribution in [1.82, 2.24) is 0 Å². The van der Waals surface area contributed by atoms with Crippen LogP contribution in [0.5, 0.6) is 5.75 Å². The van der Waals surface area contributed by atoms with E-state index in [1.54, 1.807) is 12.1 Å². The van der Waals surface area contributed by atoms with E-state index in [1.165, 1.54) is 6.07 Å². The van der Waals surface area contributed by atoms with Gasteiger partial charge >= 0.3 is 11.6 Å². The fraction of sp³-hybridized carbons (Fsp3) is 0.200. The summed E-state index contributed by atoms with van der Waals surface area (Å²) in [6.45, 7) is 5.47. The van der Waals surface area contributed by atoms with Gasteiger partial charge in [-0.15, -0.1) is 0 Å². The lowest BCUT2D eigenvalue weighted by Gasteiger charge is -2.07. The van der Waals surface area contributed by atoms with Gasteiger partial charge < -0.3 is 13.9 Å². The molecule has 2 rings (SSSR count). The van der Waals surface area contributed by atoms with Gasteiger partial charge in [-0.3, -0.25) is 0 Å². The average Bonchev–Trinajstić information content (AvgIpc) is 2.42. The minimum Gasteiger partial charge on any atom is -0.490 e. The highest BCUT2D eigenvalue weighted by atomic mass is 16.6. The van der Waals surface area contributed by atoms with Gasteiger partial charge in [-0.05, 0) is 24.6 Å². The number of ether oxygens (including phenoxy) is 2. The Kier molecular flexibility index (Phi) is 4.20. The maximum Gasteiger partial charge on any atom is 0.336 e. The van der Waals surface area contributed by atoms with E-state index in [4.69, 9.17) is 13.9 Å². The third-order valence-electron chi connectivity index (χ3n) is 2.69. The van der Waals surface area contributed by atoms with Crippen molar-refractivity contribution in [1.29, 1.82) is 0 Å². The number of rotatable bonds is 5. The monoisotopic (exact) mass is 274 g/mol. The number of hydrogen-bond acceptors (Lipinski definition) is 5. The van der Waals surface area contributed by atoms with Gasteiger partial charge in [0.15, 0.2) is 0 Å². The van der Waals surface area contributed by atoms with Gasteiger partial charge in [0.1, 0.15) is 24.5 Å². The van der Waals surface area contributed by atoms with Gasteiger partial charge in [0.05, 0.1) is 0 Å². The smallest absolute Gasteiger partial charge is 0.336 e. The molecule has 0 N–H and O–H groups in total. The molecule has 5 heteroatoms. The first-order chi connectivity index (χ1) is 9.60. The Bertz CT molecular complexity index is 699. The van der Waals surface area contributed by atoms with Gasteiger partial charge in [0, 0.05) is 23.6 Å². The number of fused-ring (bicyclic) bond motifs is 1. The van der Waals surface area contributed by atoms with E-state index >= 15 is 0 Å². The third kappa shape index (κ3) is 3.26. The Morgan fingerprint density at radius 1 is 1.35 bits per heavy atom. The molecule has 0 bridgehead atoms. The average molecular weight is 274 g/mol. The zero-order valence-electron chi connectivity index (χ0n) is 11.0. The predicted octanol–water partition coefficient (Wildman–Crippen LogP) is 2.21. The highest BCUT2D eigenvalue weighted by molar-refractivity contribution is 5.81. The molecule has 0 atom stereocenters. The summed E-state index contributed by atoms with van der Waals surface area (Å²) in [7, 11) is 0. The SMILES string of the molecule is C=CC(=O)OCCOc1ccc2c(C)cc(=O)oc2c1. The molecule has 0 saturated heterocycles. The van der Waals surface area contributed by atoms with Crippen molar-refractivity contribution < 1.29 is 18.7 Å². The van der Waals surface area contributed by atoms with E-state index < -0.39 is 11.6 Å². The molecule has 0 radical (unpaired) electrons. The largest absolute Gasteiger partial charge is 0.490 e. The Morgan fingerprint density at radius 2 is 2.15 bits per heavy atom. The number of hydrogen-bond donors (Lipinski definition) is 0. The van der Waals surface area contributed by atoms with Gasteiger partial charge in [0.25, 0.3) is 0 Å². The molecule has 5 nitrogen and oxygen atoms in total. The molecule has 0 aliphatic rings. The third-order valence-corrected chi connectivity index (χ3v) is 2.69. The minimum atomic E-state index is -0.492. The normalized spacial score (nSPS) is 10.2. The molecule has 0 saturated carbocycles. The Labute approximate surface area is 115 Å². The molecule has 1 aromatic heterocycles. The van der Waals surface area contributed by atoms with Crippen LogP contribution in [-0.4, -0.2) is 19.2 Å². The number of esters is 1. The molecule has 1 aromatic carbocycles. The van der Waals surface area contributed by atoms with Crippen molar-refractivity contribution in [3.8, 4) is 5.75 Å². The maximum absolute atomic E-state index is 11.3. The number of carbonyl (C=O) groups is 1. The highest BCUT2D eigenvalue weighted by Gasteiger charge is 2.04. The lowest BCUT2D eigenvalue weighted by atomic mass is 10.1. The fourth-order valence-corrected chi connectivity index (χ4v) is 1.76. The van der Waals surface area contributed by atoms with Crippen LogP contribution in [0.3, 0.4) is 0 Å². The van der Waals surface area contributed by atoms with Crippen molar-refractivity contribution in [2.75, 3.05) is 13.2 Å². The molecule has 104 valence electrons.